The molecule has 0 amide bonds. The molecule has 0 bridgehead atoms. The molecular weight excluding hydrogens is 246 g/mol. The first-order chi connectivity index (χ1) is 6.53. The van der Waals surface area contributed by atoms with Gasteiger partial charge in [-0.15, -0.1) is 0 Å². The van der Waals surface area contributed by atoms with E-state index in [1.807, 2.05) is 32.0 Å². The third-order valence-electron chi connectivity index (χ3n) is 2.13. The number of rotatable bonds is 3. The van der Waals surface area contributed by atoms with Crippen molar-refractivity contribution < 1.29 is 9.57 Å². The van der Waals surface area contributed by atoms with Crippen molar-refractivity contribution >= 4 is 15.9 Å². The highest BCUT2D eigenvalue weighted by Gasteiger charge is 2.24. The molecule has 0 saturated heterocycles. The van der Waals surface area contributed by atoms with Gasteiger partial charge in [0, 0.05) is 5.56 Å². The van der Waals surface area contributed by atoms with E-state index in [1.54, 1.807) is 7.11 Å². The summed E-state index contributed by atoms with van der Waals surface area (Å²) < 4.78 is 6.06. The van der Waals surface area contributed by atoms with Crippen LogP contribution in [0.1, 0.15) is 19.4 Å². The second-order valence-electron chi connectivity index (χ2n) is 3.45. The molecule has 0 spiro atoms. The Bertz CT molecular complexity index is 326. The average Bonchev–Trinajstić information content (AvgIpc) is 2.18. The molecule has 3 nitrogen and oxygen atoms in total. The van der Waals surface area contributed by atoms with Gasteiger partial charge in [-0.2, -0.15) is 0 Å². The van der Waals surface area contributed by atoms with Crippen molar-refractivity contribution in [3.63, 3.8) is 0 Å². The molecule has 0 aromatic heterocycles. The third-order valence-corrected chi connectivity index (χ3v) is 2.94. The van der Waals surface area contributed by atoms with Crippen LogP contribution in [0.2, 0.25) is 0 Å². The van der Waals surface area contributed by atoms with Crippen molar-refractivity contribution in [2.75, 3.05) is 7.11 Å². The zero-order chi connectivity index (χ0) is 10.8. The summed E-state index contributed by atoms with van der Waals surface area (Å²) in [6.07, 6.45) is 0. The van der Waals surface area contributed by atoms with E-state index in [9.17, 15) is 0 Å². The molecule has 1 rings (SSSR count). The summed E-state index contributed by atoms with van der Waals surface area (Å²) in [6, 6.07) is 5.72. The van der Waals surface area contributed by atoms with E-state index >= 15 is 0 Å². The Labute approximate surface area is 92.3 Å². The molecule has 14 heavy (non-hydrogen) atoms. The van der Waals surface area contributed by atoms with Gasteiger partial charge in [-0.3, -0.25) is 4.84 Å². The average molecular weight is 260 g/mol. The summed E-state index contributed by atoms with van der Waals surface area (Å²) in [7, 11) is 1.63. The SMILES string of the molecule is COc1cccc(C(C)(C)ON)c1Br. The Morgan fingerprint density at radius 3 is 2.50 bits per heavy atom. The molecular formula is C10H14BrNO2. The highest BCUT2D eigenvalue weighted by atomic mass is 79.9. The van der Waals surface area contributed by atoms with E-state index in [0.717, 1.165) is 15.8 Å². The van der Waals surface area contributed by atoms with E-state index in [0.29, 0.717) is 0 Å². The minimum atomic E-state index is -0.534. The van der Waals surface area contributed by atoms with Crippen LogP contribution in [0.25, 0.3) is 0 Å². The minimum absolute atomic E-state index is 0.534. The van der Waals surface area contributed by atoms with Gasteiger partial charge >= 0.3 is 0 Å². The fourth-order valence-electron chi connectivity index (χ4n) is 1.20. The van der Waals surface area contributed by atoms with Crippen LogP contribution < -0.4 is 10.6 Å². The fourth-order valence-corrected chi connectivity index (χ4v) is 2.10. The van der Waals surface area contributed by atoms with Gasteiger partial charge in [0.05, 0.1) is 11.6 Å². The highest BCUT2D eigenvalue weighted by molar-refractivity contribution is 9.10. The van der Waals surface area contributed by atoms with E-state index in [1.165, 1.54) is 0 Å². The number of methoxy groups -OCH3 is 1. The second kappa shape index (κ2) is 4.29. The lowest BCUT2D eigenvalue weighted by Crippen LogP contribution is -2.25. The molecule has 0 aliphatic rings. The number of hydrogen-bond donors (Lipinski definition) is 1. The van der Waals surface area contributed by atoms with Crippen molar-refractivity contribution in [1.29, 1.82) is 0 Å². The highest BCUT2D eigenvalue weighted by Crippen LogP contribution is 2.35. The molecule has 2 N–H and O–H groups in total. The van der Waals surface area contributed by atoms with Crippen molar-refractivity contribution in [1.82, 2.24) is 0 Å². The van der Waals surface area contributed by atoms with Crippen molar-refractivity contribution in [2.24, 2.45) is 5.90 Å². The Balaban J connectivity index is 3.22. The number of hydrogen-bond acceptors (Lipinski definition) is 3. The van der Waals surface area contributed by atoms with Gasteiger partial charge in [-0.25, -0.2) is 5.90 Å². The van der Waals surface area contributed by atoms with Gasteiger partial charge in [0.15, 0.2) is 0 Å². The van der Waals surface area contributed by atoms with E-state index in [2.05, 4.69) is 15.9 Å². The van der Waals surface area contributed by atoms with Gasteiger partial charge in [-0.1, -0.05) is 12.1 Å². The van der Waals surface area contributed by atoms with Gasteiger partial charge in [0.25, 0.3) is 0 Å². The van der Waals surface area contributed by atoms with Crippen molar-refractivity contribution in [2.45, 2.75) is 19.4 Å². The summed E-state index contributed by atoms with van der Waals surface area (Å²) in [5.41, 5.74) is 0.423. The summed E-state index contributed by atoms with van der Waals surface area (Å²) in [6.45, 7) is 3.79. The third kappa shape index (κ3) is 2.08. The van der Waals surface area contributed by atoms with Crippen LogP contribution in [0, 0.1) is 0 Å². The lowest BCUT2D eigenvalue weighted by Gasteiger charge is -2.24. The van der Waals surface area contributed by atoms with Crippen LogP contribution in [0.4, 0.5) is 0 Å². The van der Waals surface area contributed by atoms with Crippen LogP contribution in [0.5, 0.6) is 5.75 Å². The molecule has 0 unspecified atom stereocenters. The number of benzene rings is 1. The topological polar surface area (TPSA) is 44.5 Å². The minimum Gasteiger partial charge on any atom is -0.496 e. The van der Waals surface area contributed by atoms with Crippen LogP contribution >= 0.6 is 15.9 Å². The number of nitrogens with two attached hydrogens (primary N) is 1. The van der Waals surface area contributed by atoms with Crippen molar-refractivity contribution in [3.05, 3.63) is 28.2 Å². The molecule has 0 saturated carbocycles. The first-order valence-electron chi connectivity index (χ1n) is 4.24. The molecule has 0 aliphatic heterocycles. The predicted molar refractivity (Wildman–Crippen MR) is 59.0 cm³/mol. The van der Waals surface area contributed by atoms with Crippen LogP contribution in [-0.2, 0) is 10.4 Å². The first-order valence-corrected chi connectivity index (χ1v) is 5.03. The molecule has 0 fully saturated rings. The van der Waals surface area contributed by atoms with Crippen LogP contribution in [0.15, 0.2) is 22.7 Å². The maximum absolute atomic E-state index is 5.24. The Morgan fingerprint density at radius 1 is 1.36 bits per heavy atom. The summed E-state index contributed by atoms with van der Waals surface area (Å²) >= 11 is 3.46. The van der Waals surface area contributed by atoms with E-state index in [-0.39, 0.29) is 0 Å². The lowest BCUT2D eigenvalue weighted by atomic mass is 9.98. The molecule has 1 aromatic rings. The monoisotopic (exact) mass is 259 g/mol. The summed E-state index contributed by atoms with van der Waals surface area (Å²) in [5, 5.41) is 0. The van der Waals surface area contributed by atoms with Gasteiger partial charge < -0.3 is 4.74 Å². The summed E-state index contributed by atoms with van der Waals surface area (Å²) in [5.74, 6) is 6.01. The van der Waals surface area contributed by atoms with Gasteiger partial charge in [-0.05, 0) is 35.8 Å². The molecule has 0 radical (unpaired) electrons. The lowest BCUT2D eigenvalue weighted by molar-refractivity contribution is -0.0242. The molecule has 0 aliphatic carbocycles. The standard InChI is InChI=1S/C10H14BrNO2/c1-10(2,14-12)7-5-4-6-8(13-3)9(7)11/h4-6H,12H2,1-3H3. The molecule has 4 heteroatoms. The van der Waals surface area contributed by atoms with E-state index in [4.69, 9.17) is 15.5 Å². The van der Waals surface area contributed by atoms with Crippen LogP contribution in [0.3, 0.4) is 0 Å². The quantitative estimate of drug-likeness (QED) is 0.849. The molecule has 78 valence electrons. The Morgan fingerprint density at radius 2 is 2.00 bits per heavy atom. The zero-order valence-electron chi connectivity index (χ0n) is 8.50. The number of halogens is 1. The van der Waals surface area contributed by atoms with Gasteiger partial charge in [0.2, 0.25) is 0 Å². The smallest absolute Gasteiger partial charge is 0.133 e. The fraction of sp³-hybridized carbons (Fsp3) is 0.400. The van der Waals surface area contributed by atoms with E-state index < -0.39 is 5.60 Å². The molecule has 0 atom stereocenters. The molecule has 0 heterocycles. The number of ether oxygens (including phenoxy) is 1. The maximum atomic E-state index is 5.24. The van der Waals surface area contributed by atoms with Crippen molar-refractivity contribution in [3.8, 4) is 5.75 Å². The Kier molecular flexibility index (Phi) is 3.53. The van der Waals surface area contributed by atoms with Gasteiger partial charge in [0.1, 0.15) is 11.4 Å². The second-order valence-corrected chi connectivity index (χ2v) is 4.24. The molecule has 1 aromatic carbocycles. The Hall–Kier alpha value is -0.580. The summed E-state index contributed by atoms with van der Waals surface area (Å²) in [4.78, 5) is 4.92. The maximum Gasteiger partial charge on any atom is 0.133 e. The first kappa shape index (κ1) is 11.5. The zero-order valence-corrected chi connectivity index (χ0v) is 10.1. The largest absolute Gasteiger partial charge is 0.496 e. The predicted octanol–water partition coefficient (Wildman–Crippen LogP) is 2.58. The normalized spacial score (nSPS) is 11.5. The van der Waals surface area contributed by atoms with Crippen LogP contribution in [-0.4, -0.2) is 7.11 Å².